The number of fused-ring (bicyclic) bond motifs is 1. The highest BCUT2D eigenvalue weighted by atomic mass is 32.2. The van der Waals surface area contributed by atoms with Gasteiger partial charge in [0.2, 0.25) is 0 Å². The Bertz CT molecular complexity index is 1490. The van der Waals surface area contributed by atoms with Crippen LogP contribution in [-0.4, -0.2) is 48.6 Å². The Hall–Kier alpha value is -3.76. The van der Waals surface area contributed by atoms with Crippen molar-refractivity contribution in [2.24, 2.45) is 7.05 Å². The van der Waals surface area contributed by atoms with E-state index in [0.29, 0.717) is 5.52 Å². The van der Waals surface area contributed by atoms with Gasteiger partial charge in [0.25, 0.3) is 5.56 Å². The fraction of sp³-hybridized carbons (Fsp3) is 0.286. The first kappa shape index (κ1) is 23.4. The molecular formula is C21H19F2N5O5S. The molecule has 2 aromatic carbocycles. The Balaban J connectivity index is 1.78. The summed E-state index contributed by atoms with van der Waals surface area (Å²) in [5, 5.41) is 9.76. The molecule has 0 saturated carbocycles. The van der Waals surface area contributed by atoms with E-state index >= 15 is 0 Å². The summed E-state index contributed by atoms with van der Waals surface area (Å²) < 4.78 is 68.8. The molecule has 1 N–H and O–H groups in total. The van der Waals surface area contributed by atoms with E-state index in [1.54, 1.807) is 6.07 Å². The van der Waals surface area contributed by atoms with Crippen molar-refractivity contribution >= 4 is 26.8 Å². The van der Waals surface area contributed by atoms with Crippen LogP contribution in [0.3, 0.4) is 0 Å². The number of hydrogen-bond acceptors (Lipinski definition) is 7. The van der Waals surface area contributed by atoms with E-state index in [1.165, 1.54) is 37.2 Å². The monoisotopic (exact) mass is 491 g/mol. The lowest BCUT2D eigenvalue weighted by Gasteiger charge is -2.19. The molecule has 34 heavy (non-hydrogen) atoms. The van der Waals surface area contributed by atoms with Crippen molar-refractivity contribution in [3.63, 3.8) is 0 Å². The summed E-state index contributed by atoms with van der Waals surface area (Å²) in [4.78, 5) is 16.8. The number of rotatable bonds is 6. The molecule has 0 bridgehead atoms. The number of anilines is 1. The Labute approximate surface area is 193 Å². The summed E-state index contributed by atoms with van der Waals surface area (Å²) in [6.45, 7) is -0.348. The zero-order valence-electron chi connectivity index (χ0n) is 18.1. The summed E-state index contributed by atoms with van der Waals surface area (Å²) in [7, 11) is -1.41. The van der Waals surface area contributed by atoms with E-state index < -0.39 is 39.1 Å². The number of nitrogens with one attached hydrogen (secondary N) is 1. The van der Waals surface area contributed by atoms with Gasteiger partial charge in [-0.2, -0.15) is 18.0 Å². The topological polar surface area (TPSA) is 127 Å². The van der Waals surface area contributed by atoms with Gasteiger partial charge in [-0.1, -0.05) is 0 Å². The molecular weight excluding hydrogens is 472 g/mol. The Morgan fingerprint density at radius 1 is 1.26 bits per heavy atom. The maximum Gasteiger partial charge on any atom is 0.301 e. The molecule has 3 aromatic rings. The van der Waals surface area contributed by atoms with Gasteiger partial charge in [0.1, 0.15) is 23.2 Å². The highest BCUT2D eigenvalue weighted by Crippen LogP contribution is 2.40. The zero-order chi connectivity index (χ0) is 24.6. The number of ether oxygens (including phenoxy) is 2. The second-order valence-electron chi connectivity index (χ2n) is 7.52. The van der Waals surface area contributed by atoms with Crippen LogP contribution >= 0.6 is 0 Å². The first-order chi connectivity index (χ1) is 16.2. The van der Waals surface area contributed by atoms with E-state index in [4.69, 9.17) is 9.47 Å². The van der Waals surface area contributed by atoms with Gasteiger partial charge in [0.05, 0.1) is 24.6 Å². The first-order valence-corrected chi connectivity index (χ1v) is 11.4. The normalized spacial score (nSPS) is 16.4. The van der Waals surface area contributed by atoms with Gasteiger partial charge in [-0.3, -0.25) is 9.52 Å². The number of benzene rings is 2. The molecule has 1 saturated heterocycles. The van der Waals surface area contributed by atoms with Gasteiger partial charge >= 0.3 is 10.2 Å². The molecule has 0 aliphatic carbocycles. The zero-order valence-corrected chi connectivity index (χ0v) is 18.9. The molecule has 178 valence electrons. The highest BCUT2D eigenvalue weighted by molar-refractivity contribution is 7.90. The SMILES string of the molecule is COc1c(Oc2c(F)ccc(NS(=O)(=O)N3CC[C@H](F)C3)c2C#N)ccc2ncn(C)c(=O)c12. The van der Waals surface area contributed by atoms with E-state index in [-0.39, 0.29) is 42.1 Å². The maximum atomic E-state index is 14.7. The van der Waals surface area contributed by atoms with Crippen LogP contribution in [0.25, 0.3) is 10.9 Å². The van der Waals surface area contributed by atoms with Crippen LogP contribution in [0.15, 0.2) is 35.4 Å². The third kappa shape index (κ3) is 4.13. The molecule has 13 heteroatoms. The lowest BCUT2D eigenvalue weighted by Crippen LogP contribution is -2.34. The number of aromatic nitrogens is 2. The van der Waals surface area contributed by atoms with Gasteiger partial charge in [-0.15, -0.1) is 0 Å². The minimum absolute atomic E-state index is 0.0276. The molecule has 4 rings (SSSR count). The van der Waals surface area contributed by atoms with E-state index in [0.717, 1.165) is 16.4 Å². The van der Waals surface area contributed by atoms with Crippen LogP contribution in [0.5, 0.6) is 17.2 Å². The molecule has 1 aliphatic rings. The molecule has 1 atom stereocenters. The minimum Gasteiger partial charge on any atom is -0.492 e. The van der Waals surface area contributed by atoms with E-state index in [9.17, 15) is 27.3 Å². The highest BCUT2D eigenvalue weighted by Gasteiger charge is 2.32. The molecule has 0 spiro atoms. The van der Waals surface area contributed by atoms with Crippen molar-refractivity contribution in [3.8, 4) is 23.3 Å². The third-order valence-electron chi connectivity index (χ3n) is 5.31. The molecule has 10 nitrogen and oxygen atoms in total. The fourth-order valence-electron chi connectivity index (χ4n) is 3.60. The van der Waals surface area contributed by atoms with Crippen LogP contribution in [0.4, 0.5) is 14.5 Å². The number of alkyl halides is 1. The molecule has 0 unspecified atom stereocenters. The Morgan fingerprint density at radius 3 is 2.68 bits per heavy atom. The quantitative estimate of drug-likeness (QED) is 0.561. The summed E-state index contributed by atoms with van der Waals surface area (Å²) in [6, 6.07) is 6.58. The van der Waals surface area contributed by atoms with E-state index in [2.05, 4.69) is 9.71 Å². The molecule has 1 fully saturated rings. The van der Waals surface area contributed by atoms with Crippen molar-refractivity contribution in [3.05, 3.63) is 52.3 Å². The number of methoxy groups -OCH3 is 1. The third-order valence-corrected chi connectivity index (χ3v) is 6.80. The standard InChI is InChI=1S/C21H19F2N5O5S/c1-27-11-25-16-5-6-17(20(32-2)18(16)21(27)29)33-19-13(9-24)15(4-3-14(19)23)26-34(30,31)28-8-7-12(22)10-28/h3-6,11-12,26H,7-8,10H2,1-2H3/t12-/m0/s1. The van der Waals surface area contributed by atoms with Gasteiger partial charge < -0.3 is 14.0 Å². The van der Waals surface area contributed by atoms with Gasteiger partial charge in [-0.05, 0) is 30.7 Å². The second kappa shape index (κ2) is 8.88. The second-order valence-corrected chi connectivity index (χ2v) is 9.19. The predicted molar refractivity (Wildman–Crippen MR) is 118 cm³/mol. The van der Waals surface area contributed by atoms with Crippen molar-refractivity contribution in [1.82, 2.24) is 13.9 Å². The van der Waals surface area contributed by atoms with Crippen molar-refractivity contribution in [1.29, 1.82) is 5.26 Å². The first-order valence-electron chi connectivity index (χ1n) is 10.0. The van der Waals surface area contributed by atoms with Gasteiger partial charge in [-0.25, -0.2) is 13.8 Å². The molecule has 2 heterocycles. The number of halogens is 2. The average molecular weight is 491 g/mol. The fourth-order valence-corrected chi connectivity index (χ4v) is 4.88. The summed E-state index contributed by atoms with van der Waals surface area (Å²) in [5.41, 5.74) is -0.822. The lowest BCUT2D eigenvalue weighted by atomic mass is 10.1. The number of nitriles is 1. The van der Waals surface area contributed by atoms with E-state index in [1.807, 2.05) is 0 Å². The van der Waals surface area contributed by atoms with Crippen LogP contribution in [-0.2, 0) is 17.3 Å². The van der Waals surface area contributed by atoms with Crippen LogP contribution in [0, 0.1) is 17.1 Å². The summed E-state index contributed by atoms with van der Waals surface area (Å²) in [5.74, 6) is -1.65. The van der Waals surface area contributed by atoms with Gasteiger partial charge in [0.15, 0.2) is 23.1 Å². The maximum absolute atomic E-state index is 14.7. The Morgan fingerprint density at radius 2 is 2.03 bits per heavy atom. The lowest BCUT2D eigenvalue weighted by molar-refractivity contribution is 0.343. The van der Waals surface area contributed by atoms with Crippen molar-refractivity contribution in [2.45, 2.75) is 12.6 Å². The van der Waals surface area contributed by atoms with Crippen LogP contribution < -0.4 is 19.8 Å². The smallest absolute Gasteiger partial charge is 0.301 e. The number of hydrogen-bond donors (Lipinski definition) is 1. The average Bonchev–Trinajstić information content (AvgIpc) is 3.25. The predicted octanol–water partition coefficient (Wildman–Crippen LogP) is 2.45. The van der Waals surface area contributed by atoms with Crippen molar-refractivity contribution < 1.29 is 26.7 Å². The largest absolute Gasteiger partial charge is 0.492 e. The number of nitrogens with zero attached hydrogens (tertiary/aromatic N) is 4. The van der Waals surface area contributed by atoms with Crippen LogP contribution in [0.2, 0.25) is 0 Å². The molecule has 0 radical (unpaired) electrons. The number of aryl methyl sites for hydroxylation is 1. The van der Waals surface area contributed by atoms with Crippen LogP contribution in [0.1, 0.15) is 12.0 Å². The molecule has 0 amide bonds. The summed E-state index contributed by atoms with van der Waals surface area (Å²) >= 11 is 0. The summed E-state index contributed by atoms with van der Waals surface area (Å²) in [6.07, 6.45) is 0.0978. The Kier molecular flexibility index (Phi) is 6.11. The molecule has 1 aliphatic heterocycles. The molecule has 1 aromatic heterocycles. The minimum atomic E-state index is -4.20. The van der Waals surface area contributed by atoms with Crippen molar-refractivity contribution in [2.75, 3.05) is 24.9 Å². The van der Waals surface area contributed by atoms with Gasteiger partial charge in [0, 0.05) is 20.1 Å².